The normalized spacial score (nSPS) is 25.7. The maximum absolute atomic E-state index is 14.4. The quantitative estimate of drug-likeness (QED) is 0.805. The van der Waals surface area contributed by atoms with E-state index in [1.54, 1.807) is 0 Å². The summed E-state index contributed by atoms with van der Waals surface area (Å²) in [4.78, 5) is 24.2. The second-order valence-corrected chi connectivity index (χ2v) is 6.00. The topological polar surface area (TPSA) is 58.2 Å². The third kappa shape index (κ3) is 3.12. The van der Waals surface area contributed by atoms with Gasteiger partial charge in [-0.2, -0.15) is 13.5 Å². The molecule has 2 amide bonds. The smallest absolute Gasteiger partial charge is 0.237 e. The van der Waals surface area contributed by atoms with Crippen molar-refractivity contribution in [3.63, 3.8) is 0 Å². The van der Waals surface area contributed by atoms with Crippen LogP contribution in [0.15, 0.2) is 18.2 Å². The molecule has 1 atom stereocenters. The largest absolute Gasteiger partial charge is 0.317 e. The van der Waals surface area contributed by atoms with Crippen molar-refractivity contribution in [3.05, 3.63) is 35.4 Å². The van der Waals surface area contributed by atoms with E-state index in [1.165, 1.54) is 12.1 Å². The highest BCUT2D eigenvalue weighted by molar-refractivity contribution is 7.59. The van der Waals surface area contributed by atoms with Gasteiger partial charge in [-0.25, -0.2) is 8.78 Å². The Kier molecular flexibility index (Phi) is 5.41. The monoisotopic (exact) mass is 342 g/mol. The third-order valence-corrected chi connectivity index (χ3v) is 4.85. The fraction of sp³-hybridized carbons (Fsp3) is 0.500. The molecule has 23 heavy (non-hydrogen) atoms. The number of amides is 2. The molecule has 2 N–H and O–H groups in total. The predicted octanol–water partition coefficient (Wildman–Crippen LogP) is 1.75. The minimum Gasteiger partial charge on any atom is -0.317 e. The molecule has 7 heteroatoms. The maximum atomic E-state index is 14.4. The molecule has 2 aliphatic heterocycles. The summed E-state index contributed by atoms with van der Waals surface area (Å²) >= 11 is 0. The van der Waals surface area contributed by atoms with Crippen molar-refractivity contribution < 1.29 is 18.4 Å². The van der Waals surface area contributed by atoms with Crippen LogP contribution in [0, 0.1) is 17.6 Å². The van der Waals surface area contributed by atoms with Crippen LogP contribution in [0.4, 0.5) is 8.78 Å². The average molecular weight is 342 g/mol. The van der Waals surface area contributed by atoms with Crippen molar-refractivity contribution in [2.75, 3.05) is 13.1 Å². The van der Waals surface area contributed by atoms with Crippen LogP contribution in [0.3, 0.4) is 0 Å². The number of hydrogen-bond acceptors (Lipinski definition) is 3. The first-order chi connectivity index (χ1) is 10.5. The molecular formula is C16H20F2N2O2S. The Bertz CT molecular complexity index is 620. The molecule has 3 rings (SSSR count). The van der Waals surface area contributed by atoms with Crippen LogP contribution in [0.2, 0.25) is 0 Å². The Hall–Kier alpha value is -1.47. The van der Waals surface area contributed by atoms with Crippen molar-refractivity contribution >= 4 is 25.3 Å². The molecule has 0 aliphatic carbocycles. The van der Waals surface area contributed by atoms with Gasteiger partial charge in [0, 0.05) is 18.1 Å². The molecule has 0 saturated carbocycles. The van der Waals surface area contributed by atoms with Gasteiger partial charge in [0.05, 0.1) is 5.41 Å². The molecule has 0 aromatic heterocycles. The SMILES string of the molecule is O=C1CCC(c2ccc(F)cc2F)(C2CCNCC2)C(=O)N1.S. The molecule has 126 valence electrons. The van der Waals surface area contributed by atoms with Crippen LogP contribution >= 0.6 is 13.5 Å². The van der Waals surface area contributed by atoms with Gasteiger partial charge in [-0.3, -0.25) is 14.9 Å². The van der Waals surface area contributed by atoms with Crippen molar-refractivity contribution in [3.8, 4) is 0 Å². The first-order valence-electron chi connectivity index (χ1n) is 7.54. The fourth-order valence-electron chi connectivity index (χ4n) is 3.76. The minimum atomic E-state index is -1.09. The molecule has 0 bridgehead atoms. The lowest BCUT2D eigenvalue weighted by molar-refractivity contribution is -0.140. The first kappa shape index (κ1) is 17.9. The van der Waals surface area contributed by atoms with Crippen LogP contribution in [-0.4, -0.2) is 24.9 Å². The number of carbonyl (C=O) groups excluding carboxylic acids is 2. The van der Waals surface area contributed by atoms with Gasteiger partial charge in [0.2, 0.25) is 11.8 Å². The minimum absolute atomic E-state index is 0. The molecule has 1 aromatic rings. The summed E-state index contributed by atoms with van der Waals surface area (Å²) in [7, 11) is 0. The van der Waals surface area contributed by atoms with Crippen molar-refractivity contribution in [1.82, 2.24) is 10.6 Å². The van der Waals surface area contributed by atoms with Crippen LogP contribution in [0.5, 0.6) is 0 Å². The highest BCUT2D eigenvalue weighted by Gasteiger charge is 2.51. The van der Waals surface area contributed by atoms with Crippen molar-refractivity contribution in [2.24, 2.45) is 5.92 Å². The second-order valence-electron chi connectivity index (χ2n) is 6.00. The highest BCUT2D eigenvalue weighted by Crippen LogP contribution is 2.44. The van der Waals surface area contributed by atoms with E-state index in [0.29, 0.717) is 0 Å². The lowest BCUT2D eigenvalue weighted by atomic mass is 9.62. The van der Waals surface area contributed by atoms with Gasteiger partial charge in [0.15, 0.2) is 0 Å². The summed E-state index contributed by atoms with van der Waals surface area (Å²) in [6.07, 6.45) is 1.88. The summed E-state index contributed by atoms with van der Waals surface area (Å²) in [6, 6.07) is 3.33. The molecule has 2 heterocycles. The lowest BCUT2D eigenvalue weighted by Crippen LogP contribution is -2.57. The van der Waals surface area contributed by atoms with E-state index in [0.717, 1.165) is 32.0 Å². The van der Waals surface area contributed by atoms with E-state index in [9.17, 15) is 18.4 Å². The fourth-order valence-corrected chi connectivity index (χ4v) is 3.76. The Morgan fingerprint density at radius 1 is 1.13 bits per heavy atom. The lowest BCUT2D eigenvalue weighted by Gasteiger charge is -2.44. The van der Waals surface area contributed by atoms with Gasteiger partial charge < -0.3 is 5.32 Å². The summed E-state index contributed by atoms with van der Waals surface area (Å²) in [6.45, 7) is 1.49. The number of benzene rings is 1. The van der Waals surface area contributed by atoms with Gasteiger partial charge in [-0.05, 0) is 44.3 Å². The highest BCUT2D eigenvalue weighted by atomic mass is 32.1. The number of nitrogens with one attached hydrogen (secondary N) is 2. The molecule has 4 nitrogen and oxygen atoms in total. The molecule has 0 radical (unpaired) electrons. The van der Waals surface area contributed by atoms with E-state index < -0.39 is 23.0 Å². The van der Waals surface area contributed by atoms with Crippen molar-refractivity contribution in [1.29, 1.82) is 0 Å². The van der Waals surface area contributed by atoms with E-state index in [1.807, 2.05) is 0 Å². The number of halogens is 2. The summed E-state index contributed by atoms with van der Waals surface area (Å²) in [5.41, 5.74) is -0.890. The van der Waals surface area contributed by atoms with Gasteiger partial charge in [0.1, 0.15) is 11.6 Å². The van der Waals surface area contributed by atoms with E-state index in [2.05, 4.69) is 10.6 Å². The number of carbonyl (C=O) groups is 2. The number of imide groups is 1. The zero-order valence-corrected chi connectivity index (χ0v) is 13.6. The Balaban J connectivity index is 0.00000192. The number of rotatable bonds is 2. The first-order valence-corrected chi connectivity index (χ1v) is 7.54. The zero-order valence-electron chi connectivity index (χ0n) is 12.6. The van der Waals surface area contributed by atoms with Gasteiger partial charge in [0.25, 0.3) is 0 Å². The van der Waals surface area contributed by atoms with E-state index >= 15 is 0 Å². The van der Waals surface area contributed by atoms with Crippen LogP contribution in [-0.2, 0) is 15.0 Å². The molecule has 2 saturated heterocycles. The van der Waals surface area contributed by atoms with E-state index in [-0.39, 0.29) is 43.7 Å². The number of piperidine rings is 2. The zero-order chi connectivity index (χ0) is 15.7. The summed E-state index contributed by atoms with van der Waals surface area (Å²) in [5.74, 6) is -2.25. The molecule has 1 aromatic carbocycles. The molecular weight excluding hydrogens is 322 g/mol. The van der Waals surface area contributed by atoms with Crippen LogP contribution < -0.4 is 10.6 Å². The second kappa shape index (κ2) is 6.97. The Morgan fingerprint density at radius 2 is 1.83 bits per heavy atom. The van der Waals surface area contributed by atoms with Gasteiger partial charge >= 0.3 is 0 Å². The Morgan fingerprint density at radius 3 is 2.43 bits per heavy atom. The third-order valence-electron chi connectivity index (χ3n) is 4.85. The standard InChI is InChI=1S/C16H18F2N2O2.H2S/c17-11-1-2-12(13(18)9-11)16(10-4-7-19-8-5-10)6-3-14(21)20-15(16)22;/h1-2,9-10,19H,3-8H2,(H,20,21,22);1H2. The predicted molar refractivity (Wildman–Crippen MR) is 86.4 cm³/mol. The van der Waals surface area contributed by atoms with Gasteiger partial charge in [-0.1, -0.05) is 6.07 Å². The Labute approximate surface area is 140 Å². The average Bonchev–Trinajstić information content (AvgIpc) is 2.50. The summed E-state index contributed by atoms with van der Waals surface area (Å²) < 4.78 is 27.6. The molecule has 1 unspecified atom stereocenters. The van der Waals surface area contributed by atoms with Crippen LogP contribution in [0.1, 0.15) is 31.2 Å². The number of hydrogen-bond donors (Lipinski definition) is 2. The maximum Gasteiger partial charge on any atom is 0.237 e. The van der Waals surface area contributed by atoms with Crippen molar-refractivity contribution in [2.45, 2.75) is 31.1 Å². The molecule has 2 aliphatic rings. The van der Waals surface area contributed by atoms with Gasteiger partial charge in [-0.15, -0.1) is 0 Å². The molecule has 2 fully saturated rings. The molecule has 0 spiro atoms. The van der Waals surface area contributed by atoms with Crippen LogP contribution in [0.25, 0.3) is 0 Å². The van der Waals surface area contributed by atoms with E-state index in [4.69, 9.17) is 0 Å². The summed E-state index contributed by atoms with van der Waals surface area (Å²) in [5, 5.41) is 5.57.